The zero-order chi connectivity index (χ0) is 38.8. The summed E-state index contributed by atoms with van der Waals surface area (Å²) >= 11 is 0. The molecule has 2 aromatic heterocycles. The standard InChI is InChI=1S/C27H38N2O3.C19H23NO3/c1-5-29(17-22(30)14-18(2)3)27(31)21-7-9-26-24(16-21)23-15-20(6-8-25(23)28(26)4)19-10-12-32-13-11-19;1-20-17-4-2-13(12-6-8-23-9-7-12)10-15(17)16-11-14(19(21)22)3-5-18(16)20/h7,9,16,18-20H,5-6,8,10-15,17H2,1-4H3;3,5,11-13H,2,4,6-10H2,1H3,(H,21,22). The summed E-state index contributed by atoms with van der Waals surface area (Å²) in [5, 5.41) is 11.6. The minimum Gasteiger partial charge on any atom is -0.478 e. The Morgan fingerprint density at radius 1 is 0.727 bits per heavy atom. The van der Waals surface area contributed by atoms with Gasteiger partial charge in [0.05, 0.1) is 12.1 Å². The molecule has 0 spiro atoms. The van der Waals surface area contributed by atoms with Gasteiger partial charge in [0, 0.05) is 92.2 Å². The molecule has 2 aliphatic carbocycles. The number of hydrogen-bond acceptors (Lipinski definition) is 5. The summed E-state index contributed by atoms with van der Waals surface area (Å²) in [6, 6.07) is 11.6. The fraction of sp³-hybridized carbons (Fsp3) is 0.587. The number of amides is 1. The molecule has 0 radical (unpaired) electrons. The van der Waals surface area contributed by atoms with Crippen molar-refractivity contribution in [2.45, 2.75) is 91.4 Å². The van der Waals surface area contributed by atoms with Gasteiger partial charge in [-0.1, -0.05) is 13.8 Å². The summed E-state index contributed by atoms with van der Waals surface area (Å²) in [4.78, 5) is 38.6. The first-order valence-electron chi connectivity index (χ1n) is 20.9. The van der Waals surface area contributed by atoms with E-state index in [1.165, 1.54) is 71.9 Å². The van der Waals surface area contributed by atoms with Crippen LogP contribution < -0.4 is 0 Å². The van der Waals surface area contributed by atoms with Crippen LogP contribution >= 0.6 is 0 Å². The van der Waals surface area contributed by atoms with Crippen molar-refractivity contribution in [2.75, 3.05) is 39.5 Å². The van der Waals surface area contributed by atoms with Crippen LogP contribution in [-0.2, 0) is 54.0 Å². The number of likely N-dealkylation sites (N-methyl/N-ethyl adjacent to an activating group) is 1. The number of aromatic nitrogens is 2. The molecular weight excluding hydrogens is 691 g/mol. The molecule has 2 atom stereocenters. The second kappa shape index (κ2) is 17.0. The van der Waals surface area contributed by atoms with Crippen molar-refractivity contribution in [3.05, 3.63) is 70.0 Å². The van der Waals surface area contributed by atoms with Crippen LogP contribution in [0, 0.1) is 29.6 Å². The highest BCUT2D eigenvalue weighted by Crippen LogP contribution is 2.41. The molecule has 0 saturated carbocycles. The molecule has 4 aromatic rings. The molecule has 55 heavy (non-hydrogen) atoms. The fourth-order valence-electron chi connectivity index (χ4n) is 10.3. The molecule has 296 valence electrons. The van der Waals surface area contributed by atoms with Gasteiger partial charge in [0.2, 0.25) is 0 Å². The molecule has 2 aliphatic heterocycles. The number of benzene rings is 2. The number of hydrogen-bond donors (Lipinski definition) is 1. The summed E-state index contributed by atoms with van der Waals surface area (Å²) < 4.78 is 15.7. The van der Waals surface area contributed by atoms with Crippen LogP contribution in [-0.4, -0.2) is 76.3 Å². The maximum absolute atomic E-state index is 13.3. The summed E-state index contributed by atoms with van der Waals surface area (Å²) in [7, 11) is 4.26. The SMILES string of the molecule is CCN(CC(=O)CC(C)C)C(=O)c1ccc2c(c1)c1c(n2C)CCC(C2CCOCC2)C1.Cn1c2c(c3cc(C(=O)O)ccc31)CC(C1CCOCC1)CC2. The molecule has 4 aliphatic rings. The number of nitrogens with zero attached hydrogens (tertiary/aromatic N) is 3. The van der Waals surface area contributed by atoms with Gasteiger partial charge in [-0.25, -0.2) is 4.79 Å². The Kier molecular flexibility index (Phi) is 12.2. The maximum Gasteiger partial charge on any atom is 0.335 e. The van der Waals surface area contributed by atoms with E-state index in [1.807, 2.05) is 39.0 Å². The van der Waals surface area contributed by atoms with E-state index >= 15 is 0 Å². The predicted molar refractivity (Wildman–Crippen MR) is 217 cm³/mol. The van der Waals surface area contributed by atoms with E-state index < -0.39 is 5.97 Å². The van der Waals surface area contributed by atoms with Crippen LogP contribution in [0.5, 0.6) is 0 Å². The van der Waals surface area contributed by atoms with E-state index in [0.29, 0.717) is 41.8 Å². The number of carbonyl (C=O) groups excluding carboxylic acids is 2. The van der Waals surface area contributed by atoms with E-state index in [2.05, 4.69) is 35.4 Å². The molecular formula is C46H61N3O6. The number of aromatic carboxylic acids is 1. The Bertz CT molecular complexity index is 2030. The lowest BCUT2D eigenvalue weighted by Gasteiger charge is -2.33. The zero-order valence-electron chi connectivity index (χ0n) is 33.7. The van der Waals surface area contributed by atoms with Crippen LogP contribution in [0.25, 0.3) is 21.8 Å². The highest BCUT2D eigenvalue weighted by molar-refractivity contribution is 6.01. The molecule has 8 rings (SSSR count). The lowest BCUT2D eigenvalue weighted by atomic mass is 9.75. The van der Waals surface area contributed by atoms with E-state index in [9.17, 15) is 19.5 Å². The third-order valence-corrected chi connectivity index (χ3v) is 13.3. The van der Waals surface area contributed by atoms with E-state index in [4.69, 9.17) is 9.47 Å². The van der Waals surface area contributed by atoms with Crippen LogP contribution in [0.1, 0.15) is 109 Å². The smallest absolute Gasteiger partial charge is 0.335 e. The Balaban J connectivity index is 0.000000178. The van der Waals surface area contributed by atoms with Gasteiger partial charge < -0.3 is 28.6 Å². The zero-order valence-corrected chi connectivity index (χ0v) is 33.7. The van der Waals surface area contributed by atoms with E-state index in [-0.39, 0.29) is 18.2 Å². The maximum atomic E-state index is 13.3. The second-order valence-corrected chi connectivity index (χ2v) is 17.1. The molecule has 9 heteroatoms. The molecule has 2 unspecified atom stereocenters. The van der Waals surface area contributed by atoms with Crippen molar-refractivity contribution in [1.29, 1.82) is 0 Å². The quantitative estimate of drug-likeness (QED) is 0.185. The van der Waals surface area contributed by atoms with E-state index in [0.717, 1.165) is 74.8 Å². The van der Waals surface area contributed by atoms with Crippen LogP contribution in [0.3, 0.4) is 0 Å². The third-order valence-electron chi connectivity index (χ3n) is 13.3. The van der Waals surface area contributed by atoms with Crippen LogP contribution in [0.15, 0.2) is 36.4 Å². The van der Waals surface area contributed by atoms with Gasteiger partial charge in [0.25, 0.3) is 5.91 Å². The van der Waals surface area contributed by atoms with Gasteiger partial charge in [-0.05, 0) is 148 Å². The number of aryl methyl sites for hydroxylation is 2. The highest BCUT2D eigenvalue weighted by Gasteiger charge is 2.32. The van der Waals surface area contributed by atoms with Crippen molar-refractivity contribution in [3.63, 3.8) is 0 Å². The normalized spacial score (nSPS) is 20.5. The Morgan fingerprint density at radius 3 is 1.65 bits per heavy atom. The first-order valence-corrected chi connectivity index (χ1v) is 20.9. The fourth-order valence-corrected chi connectivity index (χ4v) is 10.3. The van der Waals surface area contributed by atoms with E-state index in [1.54, 1.807) is 11.0 Å². The van der Waals surface area contributed by atoms with Gasteiger partial charge in [0.1, 0.15) is 0 Å². The summed E-state index contributed by atoms with van der Waals surface area (Å²) in [6.45, 7) is 10.3. The van der Waals surface area contributed by atoms with Gasteiger partial charge in [0.15, 0.2) is 5.78 Å². The molecule has 2 fully saturated rings. The number of Topliss-reactive ketones (excluding diaryl/α,β-unsaturated/α-hetero) is 1. The lowest BCUT2D eigenvalue weighted by Crippen LogP contribution is -2.35. The molecule has 1 amide bonds. The minimum atomic E-state index is -0.846. The number of rotatable bonds is 9. The number of ketones is 1. The second-order valence-electron chi connectivity index (χ2n) is 17.1. The number of ether oxygens (including phenoxy) is 2. The summed E-state index contributed by atoms with van der Waals surface area (Å²) in [5.74, 6) is 2.49. The molecule has 4 heterocycles. The van der Waals surface area contributed by atoms with Crippen LogP contribution in [0.4, 0.5) is 0 Å². The number of carboxylic acid groups (broad SMARTS) is 1. The van der Waals surface area contributed by atoms with Crippen molar-refractivity contribution >= 4 is 39.5 Å². The van der Waals surface area contributed by atoms with Gasteiger partial charge in [-0.3, -0.25) is 9.59 Å². The van der Waals surface area contributed by atoms with Gasteiger partial charge >= 0.3 is 5.97 Å². The summed E-state index contributed by atoms with van der Waals surface area (Å²) in [5.41, 5.74) is 9.08. The minimum absolute atomic E-state index is 0.0408. The third kappa shape index (κ3) is 8.29. The van der Waals surface area contributed by atoms with Gasteiger partial charge in [-0.2, -0.15) is 0 Å². The molecule has 9 nitrogen and oxygen atoms in total. The largest absolute Gasteiger partial charge is 0.478 e. The Morgan fingerprint density at radius 2 is 1.20 bits per heavy atom. The average Bonchev–Trinajstić information content (AvgIpc) is 3.65. The first kappa shape index (κ1) is 39.3. The summed E-state index contributed by atoms with van der Waals surface area (Å²) in [6.07, 6.45) is 12.1. The molecule has 1 N–H and O–H groups in total. The number of fused-ring (bicyclic) bond motifs is 6. The van der Waals surface area contributed by atoms with Crippen molar-refractivity contribution in [2.24, 2.45) is 43.7 Å². The van der Waals surface area contributed by atoms with Gasteiger partial charge in [-0.15, -0.1) is 0 Å². The Hall–Kier alpha value is -3.95. The number of carboxylic acids is 1. The Labute approximate surface area is 326 Å². The monoisotopic (exact) mass is 751 g/mol. The average molecular weight is 752 g/mol. The van der Waals surface area contributed by atoms with Crippen molar-refractivity contribution < 1.29 is 29.0 Å². The topological polar surface area (TPSA) is 103 Å². The number of carbonyl (C=O) groups is 3. The molecule has 0 bridgehead atoms. The van der Waals surface area contributed by atoms with Crippen molar-refractivity contribution in [1.82, 2.24) is 14.0 Å². The molecule has 2 saturated heterocycles. The molecule has 2 aromatic carbocycles. The predicted octanol–water partition coefficient (Wildman–Crippen LogP) is 8.20. The highest BCUT2D eigenvalue weighted by atomic mass is 16.5. The first-order chi connectivity index (χ1) is 26.5. The van der Waals surface area contributed by atoms with Crippen molar-refractivity contribution in [3.8, 4) is 0 Å². The van der Waals surface area contributed by atoms with Crippen LogP contribution in [0.2, 0.25) is 0 Å². The lowest BCUT2D eigenvalue weighted by molar-refractivity contribution is -0.120.